The van der Waals surface area contributed by atoms with Gasteiger partial charge in [0.05, 0.1) is 5.75 Å². The molecule has 11 heavy (non-hydrogen) atoms. The lowest BCUT2D eigenvalue weighted by atomic mass is 10.8. The van der Waals surface area contributed by atoms with Gasteiger partial charge in [-0.1, -0.05) is 0 Å². The maximum Gasteiger partial charge on any atom is 0.270 e. The highest BCUT2D eigenvalue weighted by Crippen LogP contribution is 1.88. The van der Waals surface area contributed by atoms with E-state index in [0.717, 1.165) is 0 Å². The van der Waals surface area contributed by atoms with Gasteiger partial charge in [0.1, 0.15) is 6.73 Å². The summed E-state index contributed by atoms with van der Waals surface area (Å²) in [5.74, 6) is -0.243. The number of nitrogens with one attached hydrogen (secondary N) is 1. The van der Waals surface area contributed by atoms with Gasteiger partial charge >= 0.3 is 0 Å². The number of nitrogens with two attached hydrogens (primary N) is 1. The molecule has 0 fully saturated rings. The summed E-state index contributed by atoms with van der Waals surface area (Å²) in [6, 6.07) is 0. The number of hydrogen-bond donors (Lipinski definition) is 2. The van der Waals surface area contributed by atoms with Crippen LogP contribution in [0.5, 0.6) is 0 Å². The molecule has 1 amide bonds. The quantitative estimate of drug-likeness (QED) is 0.214. The van der Waals surface area contributed by atoms with Gasteiger partial charge in [0, 0.05) is 6.54 Å². The van der Waals surface area contributed by atoms with Crippen LogP contribution in [0.3, 0.4) is 0 Å². The van der Waals surface area contributed by atoms with E-state index in [4.69, 9.17) is 5.73 Å². The Morgan fingerprint density at radius 3 is 2.64 bits per heavy atom. The SMILES string of the molecule is NCCS(=O)(=O)OCNC=O. The molecule has 66 valence electrons. The highest BCUT2D eigenvalue weighted by atomic mass is 32.2. The summed E-state index contributed by atoms with van der Waals surface area (Å²) in [5, 5.41) is 2.04. The molecule has 0 aliphatic rings. The number of hydrogen-bond acceptors (Lipinski definition) is 5. The topological polar surface area (TPSA) is 98.5 Å². The Morgan fingerprint density at radius 2 is 2.18 bits per heavy atom. The first-order valence-corrected chi connectivity index (χ1v) is 4.44. The van der Waals surface area contributed by atoms with Crippen LogP contribution in [0.4, 0.5) is 0 Å². The minimum absolute atomic E-state index is 0.00340. The number of carbonyl (C=O) groups excluding carboxylic acids is 1. The average Bonchev–Trinajstić information content (AvgIpc) is 1.87. The minimum Gasteiger partial charge on any atom is -0.335 e. The number of amides is 1. The first kappa shape index (κ1) is 10.3. The first-order valence-electron chi connectivity index (χ1n) is 2.86. The van der Waals surface area contributed by atoms with E-state index in [1.807, 2.05) is 5.32 Å². The molecule has 0 heterocycles. The summed E-state index contributed by atoms with van der Waals surface area (Å²) in [7, 11) is -3.55. The summed E-state index contributed by atoms with van der Waals surface area (Å²) in [5.41, 5.74) is 4.97. The molecule has 0 aliphatic heterocycles. The highest BCUT2D eigenvalue weighted by Gasteiger charge is 2.07. The van der Waals surface area contributed by atoms with Gasteiger partial charge in [-0.3, -0.25) is 4.79 Å². The van der Waals surface area contributed by atoms with Gasteiger partial charge in [-0.2, -0.15) is 8.42 Å². The fourth-order valence-corrected chi connectivity index (χ4v) is 1.02. The molecule has 0 aliphatic carbocycles. The largest absolute Gasteiger partial charge is 0.335 e. The third-order valence-electron chi connectivity index (χ3n) is 0.773. The molecule has 6 nitrogen and oxygen atoms in total. The van der Waals surface area contributed by atoms with Gasteiger partial charge in [-0.25, -0.2) is 4.18 Å². The van der Waals surface area contributed by atoms with E-state index in [0.29, 0.717) is 6.41 Å². The summed E-state index contributed by atoms with van der Waals surface area (Å²) >= 11 is 0. The van der Waals surface area contributed by atoms with Crippen molar-refractivity contribution in [1.82, 2.24) is 5.32 Å². The zero-order valence-electron chi connectivity index (χ0n) is 5.82. The average molecular weight is 182 g/mol. The van der Waals surface area contributed by atoms with E-state index in [2.05, 4.69) is 4.18 Å². The van der Waals surface area contributed by atoms with Crippen molar-refractivity contribution in [3.8, 4) is 0 Å². The molecule has 0 unspecified atom stereocenters. The van der Waals surface area contributed by atoms with Gasteiger partial charge in [-0.15, -0.1) is 0 Å². The lowest BCUT2D eigenvalue weighted by molar-refractivity contribution is -0.110. The van der Waals surface area contributed by atoms with Gasteiger partial charge < -0.3 is 11.1 Å². The predicted octanol–water partition coefficient (Wildman–Crippen LogP) is -2.00. The molecule has 0 atom stereocenters. The lowest BCUT2D eigenvalue weighted by Crippen LogP contribution is -2.23. The van der Waals surface area contributed by atoms with Gasteiger partial charge in [0.25, 0.3) is 10.1 Å². The van der Waals surface area contributed by atoms with Gasteiger partial charge in [-0.05, 0) is 0 Å². The van der Waals surface area contributed by atoms with Crippen LogP contribution in [0, 0.1) is 0 Å². The molecule has 3 N–H and O–H groups in total. The fourth-order valence-electron chi connectivity index (χ4n) is 0.361. The predicted molar refractivity (Wildman–Crippen MR) is 38.0 cm³/mol. The van der Waals surface area contributed by atoms with Crippen molar-refractivity contribution in [3.63, 3.8) is 0 Å². The van der Waals surface area contributed by atoms with Crippen LogP contribution in [0.1, 0.15) is 0 Å². The lowest BCUT2D eigenvalue weighted by Gasteiger charge is -2.01. The molecular weight excluding hydrogens is 172 g/mol. The smallest absolute Gasteiger partial charge is 0.270 e. The first-order chi connectivity index (χ1) is 5.12. The highest BCUT2D eigenvalue weighted by molar-refractivity contribution is 7.86. The van der Waals surface area contributed by atoms with Crippen molar-refractivity contribution in [2.75, 3.05) is 19.0 Å². The van der Waals surface area contributed by atoms with E-state index < -0.39 is 10.1 Å². The Kier molecular flexibility index (Phi) is 4.75. The van der Waals surface area contributed by atoms with E-state index in [9.17, 15) is 13.2 Å². The summed E-state index contributed by atoms with van der Waals surface area (Å²) < 4.78 is 25.6. The van der Waals surface area contributed by atoms with E-state index in [1.54, 1.807) is 0 Å². The zero-order valence-corrected chi connectivity index (χ0v) is 6.63. The molecular formula is C4H10N2O4S. The van der Waals surface area contributed by atoms with Gasteiger partial charge in [0.2, 0.25) is 6.41 Å². The Bertz CT molecular complexity index is 200. The summed E-state index contributed by atoms with van der Waals surface area (Å²) in [6.07, 6.45) is 0.345. The molecule has 0 bridgehead atoms. The van der Waals surface area contributed by atoms with Crippen LogP contribution < -0.4 is 11.1 Å². The Labute approximate surface area is 64.8 Å². The molecule has 0 aromatic carbocycles. The van der Waals surface area contributed by atoms with Crippen LogP contribution >= 0.6 is 0 Å². The minimum atomic E-state index is -3.55. The van der Waals surface area contributed by atoms with Crippen molar-refractivity contribution in [2.24, 2.45) is 5.73 Å². The van der Waals surface area contributed by atoms with E-state index in [1.165, 1.54) is 0 Å². The molecule has 7 heteroatoms. The van der Waals surface area contributed by atoms with E-state index >= 15 is 0 Å². The Hall–Kier alpha value is -0.660. The van der Waals surface area contributed by atoms with Crippen LogP contribution in [0.25, 0.3) is 0 Å². The monoisotopic (exact) mass is 182 g/mol. The molecule has 0 aromatic heterocycles. The number of rotatable bonds is 6. The van der Waals surface area contributed by atoms with Crippen molar-refractivity contribution in [3.05, 3.63) is 0 Å². The van der Waals surface area contributed by atoms with Crippen molar-refractivity contribution < 1.29 is 17.4 Å². The maximum absolute atomic E-state index is 10.6. The second-order valence-corrected chi connectivity index (χ2v) is 3.39. The fraction of sp³-hybridized carbons (Fsp3) is 0.750. The standard InChI is InChI=1S/C4H10N2O4S/c5-1-2-11(8,9)10-4-6-3-7/h3H,1-2,4-5H2,(H,6,7). The third-order valence-corrected chi connectivity index (χ3v) is 1.99. The molecule has 0 rings (SSSR count). The molecule has 0 spiro atoms. The van der Waals surface area contributed by atoms with Crippen molar-refractivity contribution in [2.45, 2.75) is 0 Å². The summed E-state index contributed by atoms with van der Waals surface area (Å²) in [6.45, 7) is -0.338. The van der Waals surface area contributed by atoms with Crippen LogP contribution in [-0.4, -0.2) is 33.9 Å². The van der Waals surface area contributed by atoms with Crippen LogP contribution in [0.15, 0.2) is 0 Å². The zero-order chi connectivity index (χ0) is 8.74. The molecule has 0 saturated carbocycles. The number of carbonyl (C=O) groups is 1. The van der Waals surface area contributed by atoms with Crippen molar-refractivity contribution >= 4 is 16.5 Å². The summed E-state index contributed by atoms with van der Waals surface area (Å²) in [4.78, 5) is 9.64. The van der Waals surface area contributed by atoms with Crippen LogP contribution in [0.2, 0.25) is 0 Å². The van der Waals surface area contributed by atoms with Gasteiger partial charge in [0.15, 0.2) is 0 Å². The normalized spacial score (nSPS) is 11.0. The van der Waals surface area contributed by atoms with Crippen LogP contribution in [-0.2, 0) is 19.1 Å². The second-order valence-electron chi connectivity index (χ2n) is 1.63. The molecule has 0 aromatic rings. The molecule has 0 saturated heterocycles. The van der Waals surface area contributed by atoms with E-state index in [-0.39, 0.29) is 19.0 Å². The third kappa shape index (κ3) is 5.77. The Balaban J connectivity index is 3.64. The second kappa shape index (κ2) is 5.05. The van der Waals surface area contributed by atoms with Crippen molar-refractivity contribution in [1.29, 1.82) is 0 Å². The molecule has 0 radical (unpaired) electrons. The Morgan fingerprint density at radius 1 is 1.55 bits per heavy atom. The maximum atomic E-state index is 10.6.